The molecule has 0 radical (unpaired) electrons. The summed E-state index contributed by atoms with van der Waals surface area (Å²) in [4.78, 5) is 11.8. The molecule has 1 aromatic rings. The fourth-order valence-electron chi connectivity index (χ4n) is 1.41. The van der Waals surface area contributed by atoms with Crippen molar-refractivity contribution in [2.24, 2.45) is 0 Å². The number of hydrogen-bond acceptors (Lipinski definition) is 5. The summed E-state index contributed by atoms with van der Waals surface area (Å²) in [5.41, 5.74) is 0.548. The van der Waals surface area contributed by atoms with Crippen LogP contribution >= 0.6 is 11.8 Å². The van der Waals surface area contributed by atoms with Gasteiger partial charge in [-0.1, -0.05) is 18.7 Å². The molecule has 0 saturated heterocycles. The first-order valence-electron chi connectivity index (χ1n) is 5.15. The SMILES string of the molecule is CCSC(=O)c1cc(OC)c(OC)c(OC)c1. The van der Waals surface area contributed by atoms with Crippen molar-refractivity contribution in [2.75, 3.05) is 27.1 Å². The molecule has 0 N–H and O–H groups in total. The van der Waals surface area contributed by atoms with Crippen molar-refractivity contribution in [2.45, 2.75) is 6.92 Å². The Kier molecular flexibility index (Phi) is 5.15. The van der Waals surface area contributed by atoms with Gasteiger partial charge in [-0.25, -0.2) is 0 Å². The monoisotopic (exact) mass is 256 g/mol. The summed E-state index contributed by atoms with van der Waals surface area (Å²) in [5, 5.41) is -0.00764. The van der Waals surface area contributed by atoms with Crippen LogP contribution in [-0.4, -0.2) is 32.2 Å². The van der Waals surface area contributed by atoms with E-state index in [1.54, 1.807) is 12.1 Å². The molecule has 0 unspecified atom stereocenters. The fourth-order valence-corrected chi connectivity index (χ4v) is 1.96. The zero-order valence-corrected chi connectivity index (χ0v) is 11.2. The molecule has 1 rings (SSSR count). The molecule has 0 saturated carbocycles. The van der Waals surface area contributed by atoms with Crippen molar-refractivity contribution < 1.29 is 19.0 Å². The van der Waals surface area contributed by atoms with E-state index in [0.717, 1.165) is 5.75 Å². The van der Waals surface area contributed by atoms with E-state index in [2.05, 4.69) is 0 Å². The molecule has 0 bridgehead atoms. The van der Waals surface area contributed by atoms with Crippen molar-refractivity contribution in [1.29, 1.82) is 0 Å². The van der Waals surface area contributed by atoms with Gasteiger partial charge in [-0.05, 0) is 17.9 Å². The molecule has 0 aromatic heterocycles. The molecule has 1 aromatic carbocycles. The van der Waals surface area contributed by atoms with Crippen LogP contribution in [0.25, 0.3) is 0 Å². The molecule has 0 aliphatic rings. The molecule has 0 fully saturated rings. The maximum absolute atomic E-state index is 11.8. The Morgan fingerprint density at radius 2 is 1.65 bits per heavy atom. The van der Waals surface area contributed by atoms with E-state index >= 15 is 0 Å². The van der Waals surface area contributed by atoms with Crippen LogP contribution in [0.2, 0.25) is 0 Å². The highest BCUT2D eigenvalue weighted by atomic mass is 32.2. The summed E-state index contributed by atoms with van der Waals surface area (Å²) in [6, 6.07) is 3.32. The lowest BCUT2D eigenvalue weighted by Gasteiger charge is -2.13. The van der Waals surface area contributed by atoms with E-state index in [4.69, 9.17) is 14.2 Å². The van der Waals surface area contributed by atoms with E-state index < -0.39 is 0 Å². The smallest absolute Gasteiger partial charge is 0.219 e. The number of methoxy groups -OCH3 is 3. The van der Waals surface area contributed by atoms with Crippen LogP contribution < -0.4 is 14.2 Å². The van der Waals surface area contributed by atoms with Gasteiger partial charge in [0.15, 0.2) is 11.5 Å². The molecule has 0 aliphatic heterocycles. The maximum atomic E-state index is 11.8. The molecule has 94 valence electrons. The quantitative estimate of drug-likeness (QED) is 0.810. The molecule has 0 amide bonds. The second-order valence-electron chi connectivity index (χ2n) is 3.13. The number of carbonyl (C=O) groups excluding carboxylic acids is 1. The lowest BCUT2D eigenvalue weighted by Crippen LogP contribution is -2.00. The third-order valence-corrected chi connectivity index (χ3v) is 2.96. The van der Waals surface area contributed by atoms with Gasteiger partial charge in [0.2, 0.25) is 10.9 Å². The van der Waals surface area contributed by atoms with Gasteiger partial charge in [0.25, 0.3) is 0 Å². The Balaban J connectivity index is 3.22. The number of carbonyl (C=O) groups is 1. The van der Waals surface area contributed by atoms with E-state index in [-0.39, 0.29) is 5.12 Å². The van der Waals surface area contributed by atoms with E-state index in [0.29, 0.717) is 22.8 Å². The Hall–Kier alpha value is -1.36. The van der Waals surface area contributed by atoms with Crippen LogP contribution in [-0.2, 0) is 0 Å². The summed E-state index contributed by atoms with van der Waals surface area (Å²) < 4.78 is 15.5. The van der Waals surface area contributed by atoms with Crippen LogP contribution in [0.4, 0.5) is 0 Å². The van der Waals surface area contributed by atoms with Gasteiger partial charge in [0, 0.05) is 5.56 Å². The molecular formula is C12H16O4S. The first-order valence-corrected chi connectivity index (χ1v) is 6.13. The third-order valence-electron chi connectivity index (χ3n) is 2.18. The first-order chi connectivity index (χ1) is 8.17. The van der Waals surface area contributed by atoms with E-state index in [1.807, 2.05) is 6.92 Å². The van der Waals surface area contributed by atoms with Crippen LogP contribution in [0.5, 0.6) is 17.2 Å². The lowest BCUT2D eigenvalue weighted by atomic mass is 10.2. The van der Waals surface area contributed by atoms with Crippen molar-refractivity contribution >= 4 is 16.9 Å². The zero-order chi connectivity index (χ0) is 12.8. The van der Waals surface area contributed by atoms with Crippen molar-refractivity contribution in [3.8, 4) is 17.2 Å². The number of rotatable bonds is 5. The highest BCUT2D eigenvalue weighted by Crippen LogP contribution is 2.38. The molecule has 0 heterocycles. The van der Waals surface area contributed by atoms with Crippen LogP contribution in [0.1, 0.15) is 17.3 Å². The Morgan fingerprint density at radius 3 is 2.00 bits per heavy atom. The minimum atomic E-state index is -0.00764. The van der Waals surface area contributed by atoms with Crippen LogP contribution in [0, 0.1) is 0 Å². The largest absolute Gasteiger partial charge is 0.493 e. The zero-order valence-electron chi connectivity index (χ0n) is 10.4. The molecule has 0 spiro atoms. The molecule has 0 aliphatic carbocycles. The van der Waals surface area contributed by atoms with E-state index in [1.165, 1.54) is 33.1 Å². The minimum Gasteiger partial charge on any atom is -0.493 e. The third kappa shape index (κ3) is 3.06. The van der Waals surface area contributed by atoms with Gasteiger partial charge >= 0.3 is 0 Å². The van der Waals surface area contributed by atoms with Gasteiger partial charge < -0.3 is 14.2 Å². The molecular weight excluding hydrogens is 240 g/mol. The minimum absolute atomic E-state index is 0.00764. The highest BCUT2D eigenvalue weighted by Gasteiger charge is 2.16. The van der Waals surface area contributed by atoms with Crippen molar-refractivity contribution in [3.63, 3.8) is 0 Å². The summed E-state index contributed by atoms with van der Waals surface area (Å²) in [5.74, 6) is 2.21. The van der Waals surface area contributed by atoms with Crippen LogP contribution in [0.3, 0.4) is 0 Å². The number of hydrogen-bond donors (Lipinski definition) is 0. The van der Waals surface area contributed by atoms with Crippen molar-refractivity contribution in [1.82, 2.24) is 0 Å². The van der Waals surface area contributed by atoms with Gasteiger partial charge in [-0.2, -0.15) is 0 Å². The topological polar surface area (TPSA) is 44.8 Å². The Labute approximate surface area is 105 Å². The van der Waals surface area contributed by atoms with Crippen LogP contribution in [0.15, 0.2) is 12.1 Å². The summed E-state index contributed by atoms with van der Waals surface area (Å²) in [6.45, 7) is 1.93. The predicted octanol–water partition coefficient (Wildman–Crippen LogP) is 2.61. The van der Waals surface area contributed by atoms with Crippen molar-refractivity contribution in [3.05, 3.63) is 17.7 Å². The Bertz CT molecular complexity index is 378. The molecule has 0 atom stereocenters. The molecule has 17 heavy (non-hydrogen) atoms. The number of thioether (sulfide) groups is 1. The maximum Gasteiger partial charge on any atom is 0.219 e. The average molecular weight is 256 g/mol. The first kappa shape index (κ1) is 13.7. The Morgan fingerprint density at radius 1 is 1.12 bits per heavy atom. The van der Waals surface area contributed by atoms with Gasteiger partial charge in [-0.3, -0.25) is 4.79 Å². The normalized spacial score (nSPS) is 9.88. The second-order valence-corrected chi connectivity index (χ2v) is 4.37. The summed E-state index contributed by atoms with van der Waals surface area (Å²) in [6.07, 6.45) is 0. The predicted molar refractivity (Wildman–Crippen MR) is 68.6 cm³/mol. The number of benzene rings is 1. The van der Waals surface area contributed by atoms with Gasteiger partial charge in [0.05, 0.1) is 21.3 Å². The van der Waals surface area contributed by atoms with Gasteiger partial charge in [0.1, 0.15) is 0 Å². The summed E-state index contributed by atoms with van der Waals surface area (Å²) in [7, 11) is 4.58. The number of ether oxygens (including phenoxy) is 3. The summed E-state index contributed by atoms with van der Waals surface area (Å²) >= 11 is 1.25. The second kappa shape index (κ2) is 6.39. The van der Waals surface area contributed by atoms with E-state index in [9.17, 15) is 4.79 Å². The highest BCUT2D eigenvalue weighted by molar-refractivity contribution is 8.14. The lowest BCUT2D eigenvalue weighted by molar-refractivity contribution is 0.108. The average Bonchev–Trinajstić information content (AvgIpc) is 2.37. The molecule has 4 nitrogen and oxygen atoms in total. The van der Waals surface area contributed by atoms with Gasteiger partial charge in [-0.15, -0.1) is 0 Å². The fraction of sp³-hybridized carbons (Fsp3) is 0.417. The molecule has 5 heteroatoms. The standard InChI is InChI=1S/C12H16O4S/c1-5-17-12(13)8-6-9(14-2)11(16-4)10(7-8)15-3/h6-7H,5H2,1-4H3.